The van der Waals surface area contributed by atoms with Crippen LogP contribution in [-0.4, -0.2) is 219 Å². The molecule has 8 aliphatic heterocycles. The Hall–Kier alpha value is -2.08. The minimum absolute atomic E-state index is 0.00975. The number of hydrogen-bond donors (Lipinski definition) is 1. The fourth-order valence-corrected chi connectivity index (χ4v) is 17.1. The monoisotopic (exact) mass is 1180 g/mol. The van der Waals surface area contributed by atoms with Crippen LogP contribution in [0.4, 0.5) is 0 Å². The highest BCUT2D eigenvalue weighted by atomic mass is 16.8. The van der Waals surface area contributed by atoms with Crippen LogP contribution in [0.3, 0.4) is 0 Å². The summed E-state index contributed by atoms with van der Waals surface area (Å²) in [4.78, 5) is 24.3. The van der Waals surface area contributed by atoms with Gasteiger partial charge < -0.3 is 99.8 Å². The number of aliphatic hydroxyl groups excluding tert-OH is 1. The van der Waals surface area contributed by atoms with Crippen molar-refractivity contribution in [3.05, 3.63) is 11.6 Å². The summed E-state index contributed by atoms with van der Waals surface area (Å²) in [5.41, 5.74) is 0.432. The van der Waals surface area contributed by atoms with Gasteiger partial charge in [0.2, 0.25) is 0 Å². The second kappa shape index (κ2) is 25.1. The molecule has 8 heterocycles. The lowest BCUT2D eigenvalue weighted by Crippen LogP contribution is -2.70. The molecular formula is C60H94O23. The highest BCUT2D eigenvalue weighted by Gasteiger charge is 2.79. The topological polar surface area (TPSA) is 239 Å². The molecule has 0 aromatic carbocycles. The Morgan fingerprint density at radius 2 is 1.04 bits per heavy atom. The Bertz CT molecular complexity index is 2280. The minimum atomic E-state index is -1.10. The summed E-state index contributed by atoms with van der Waals surface area (Å²) < 4.78 is 126. The van der Waals surface area contributed by atoms with Crippen LogP contribution in [-0.2, 0) is 104 Å². The predicted molar refractivity (Wildman–Crippen MR) is 287 cm³/mol. The minimum Gasteiger partial charge on any atom is -0.457 e. The number of ether oxygens (including phenoxy) is 20. The standard InChI is InChI=1S/C60H94O23/c1-27-48(38(64-10)22-43(70-27)77-35-17-19-58(8)34(21-35)15-16-37-36(58)18-20-59(9)47-42-26-69-55(47)83-60(37,59)57(63)78-42)79-44-23-39(65-11)49(28(2)71-44)80-45-24-40(66-12)50(29(3)72-45)81-46-25-41(67-13)51(30(4)73-46)82-56-54(76-33(7)62)53(68-14)52(31(5)74-56)75-32(6)61/h15,27-31,35-57,63H,16-26H2,1-14H3/t27-,28-,29-,30-,31-,35+,36+,37-,38+,39+,40+,41+,42?,43-,44-,45-,46-,47?,48+,49+,50+,51+,52+,53-,54-,55?,56-,57?,58+,59-,60?/m1/s1. The van der Waals surface area contributed by atoms with Crippen molar-refractivity contribution in [1.82, 2.24) is 0 Å². The van der Waals surface area contributed by atoms with Gasteiger partial charge in [-0.05, 0) is 84.5 Å². The van der Waals surface area contributed by atoms with Gasteiger partial charge in [0.15, 0.2) is 56.2 Å². The first-order valence-corrected chi connectivity index (χ1v) is 30.5. The molecule has 0 aromatic rings. The molecule has 0 radical (unpaired) electrons. The molecule has 3 aliphatic carbocycles. The van der Waals surface area contributed by atoms with Crippen molar-refractivity contribution >= 4 is 11.9 Å². The lowest BCUT2D eigenvalue weighted by atomic mass is 9.44. The summed E-state index contributed by atoms with van der Waals surface area (Å²) in [5.74, 6) is -0.474. The van der Waals surface area contributed by atoms with Gasteiger partial charge >= 0.3 is 11.9 Å². The van der Waals surface area contributed by atoms with Crippen molar-refractivity contribution in [3.8, 4) is 0 Å². The molecule has 8 saturated heterocycles. The van der Waals surface area contributed by atoms with Gasteiger partial charge in [-0.3, -0.25) is 9.59 Å². The average Bonchev–Trinajstić information content (AvgIpc) is 1.58. The molecule has 472 valence electrons. The van der Waals surface area contributed by atoms with Crippen LogP contribution in [0.1, 0.15) is 127 Å². The van der Waals surface area contributed by atoms with Gasteiger partial charge in [0, 0.05) is 92.3 Å². The average molecular weight is 1180 g/mol. The number of fused-ring (bicyclic) bond motifs is 3. The summed E-state index contributed by atoms with van der Waals surface area (Å²) in [7, 11) is 8.01. The third-order valence-corrected chi connectivity index (χ3v) is 21.2. The third-order valence-electron chi connectivity index (χ3n) is 21.2. The maximum absolute atomic E-state index is 12.3. The molecule has 0 amide bonds. The first-order valence-electron chi connectivity index (χ1n) is 30.5. The molecule has 11 aliphatic rings. The van der Waals surface area contributed by atoms with Crippen molar-refractivity contribution in [3.63, 3.8) is 0 Å². The normalized spacial score (nSPS) is 52.2. The maximum atomic E-state index is 12.3. The summed E-state index contributed by atoms with van der Waals surface area (Å²) in [6.45, 7) is 17.2. The molecule has 31 atom stereocenters. The maximum Gasteiger partial charge on any atom is 0.303 e. The van der Waals surface area contributed by atoms with Gasteiger partial charge in [-0.15, -0.1) is 0 Å². The van der Waals surface area contributed by atoms with E-state index in [-0.39, 0.29) is 59.8 Å². The second-order valence-electron chi connectivity index (χ2n) is 25.8. The van der Waals surface area contributed by atoms with Crippen molar-refractivity contribution in [2.45, 2.75) is 286 Å². The van der Waals surface area contributed by atoms with Crippen LogP contribution in [0.25, 0.3) is 0 Å². The van der Waals surface area contributed by atoms with Crippen LogP contribution in [0.5, 0.6) is 0 Å². The molecule has 10 fully saturated rings. The number of rotatable bonds is 17. The summed E-state index contributed by atoms with van der Waals surface area (Å²) in [5, 5.41) is 11.7. The molecule has 83 heavy (non-hydrogen) atoms. The summed E-state index contributed by atoms with van der Waals surface area (Å²) in [6, 6.07) is 0. The van der Waals surface area contributed by atoms with Crippen LogP contribution in [0.15, 0.2) is 11.6 Å². The highest BCUT2D eigenvalue weighted by Crippen LogP contribution is 2.72. The van der Waals surface area contributed by atoms with E-state index in [1.165, 1.54) is 26.5 Å². The van der Waals surface area contributed by atoms with Gasteiger partial charge in [-0.25, -0.2) is 0 Å². The molecule has 11 rings (SSSR count). The lowest BCUT2D eigenvalue weighted by molar-refractivity contribution is -0.358. The number of aliphatic hydroxyl groups is 1. The molecule has 23 heteroatoms. The molecule has 0 aromatic heterocycles. The van der Waals surface area contributed by atoms with Gasteiger partial charge in [0.05, 0.1) is 73.8 Å². The molecule has 5 unspecified atom stereocenters. The predicted octanol–water partition coefficient (Wildman–Crippen LogP) is 5.15. The molecule has 2 bridgehead atoms. The van der Waals surface area contributed by atoms with E-state index in [9.17, 15) is 14.7 Å². The van der Waals surface area contributed by atoms with Gasteiger partial charge in [0.1, 0.15) is 36.1 Å². The van der Waals surface area contributed by atoms with Crippen LogP contribution >= 0.6 is 0 Å². The number of esters is 2. The largest absolute Gasteiger partial charge is 0.457 e. The van der Waals surface area contributed by atoms with E-state index in [0.717, 1.165) is 38.5 Å². The fourth-order valence-electron chi connectivity index (χ4n) is 17.1. The molecule has 1 N–H and O–H groups in total. The summed E-state index contributed by atoms with van der Waals surface area (Å²) in [6.07, 6.45) is -4.73. The van der Waals surface area contributed by atoms with E-state index in [4.69, 9.17) is 94.7 Å². The first-order chi connectivity index (χ1) is 39.7. The van der Waals surface area contributed by atoms with Gasteiger partial charge in [0.25, 0.3) is 0 Å². The second-order valence-corrected chi connectivity index (χ2v) is 25.8. The molecule has 23 nitrogen and oxygen atoms in total. The first kappa shape index (κ1) is 62.5. The lowest BCUT2D eigenvalue weighted by Gasteiger charge is -2.64. The van der Waals surface area contributed by atoms with E-state index in [2.05, 4.69) is 19.9 Å². The third kappa shape index (κ3) is 11.4. The SMILES string of the molecule is CO[C@@H]1[C@@H](OC(C)=O)[C@@H](C)O[C@H](O[C@@H]2[C@@H](OC)C[C@@H](O[C@@H]3[C@@H](OC)C[C@@H](O[C@@H]4[C@@H](OC)C[C@@H](O[C@@H]5[C@@H](OC)C[C@@H](O[C@H]6CC[C@@]7(C)C(=CC[C@@H]8[C@@H]7CC[C@]7(C)C9C%10COC9OC87C(O)O%10)C6)O[C@@H]5C)O[C@@H]4C)O[C@@H]3C)O[C@@H]2C)[C@@H]1OC(C)=O. The number of hydrogen-bond acceptors (Lipinski definition) is 23. The number of carbonyl (C=O) groups excluding carboxylic acids is 2. The Kier molecular flexibility index (Phi) is 18.9. The Labute approximate surface area is 488 Å². The van der Waals surface area contributed by atoms with E-state index in [1.54, 1.807) is 35.4 Å². The zero-order chi connectivity index (χ0) is 59.0. The van der Waals surface area contributed by atoms with Crippen molar-refractivity contribution in [2.75, 3.05) is 42.2 Å². The quantitative estimate of drug-likeness (QED) is 0.146. The highest BCUT2D eigenvalue weighted by molar-refractivity contribution is 5.67. The van der Waals surface area contributed by atoms with Crippen LogP contribution in [0, 0.1) is 28.6 Å². The fraction of sp³-hybridized carbons (Fsp3) is 0.933. The van der Waals surface area contributed by atoms with E-state index >= 15 is 0 Å². The zero-order valence-electron chi connectivity index (χ0n) is 51.0. The van der Waals surface area contributed by atoms with Crippen molar-refractivity contribution in [2.24, 2.45) is 28.6 Å². The van der Waals surface area contributed by atoms with Crippen LogP contribution in [0.2, 0.25) is 0 Å². The molecule has 0 spiro atoms. The molecular weight excluding hydrogens is 1090 g/mol. The Morgan fingerprint density at radius 3 is 1.53 bits per heavy atom. The Morgan fingerprint density at radius 1 is 0.554 bits per heavy atom. The number of carbonyl (C=O) groups is 2. The van der Waals surface area contributed by atoms with Crippen LogP contribution < -0.4 is 0 Å². The summed E-state index contributed by atoms with van der Waals surface area (Å²) >= 11 is 0. The van der Waals surface area contributed by atoms with E-state index < -0.39 is 141 Å². The Balaban J connectivity index is 0.654. The number of allylic oxidation sites excluding steroid dienone is 1. The van der Waals surface area contributed by atoms with Gasteiger partial charge in [-0.1, -0.05) is 25.5 Å². The van der Waals surface area contributed by atoms with Crippen molar-refractivity contribution in [1.29, 1.82) is 0 Å². The van der Waals surface area contributed by atoms with Crippen molar-refractivity contribution < 1.29 is 109 Å². The zero-order valence-corrected chi connectivity index (χ0v) is 51.0. The van der Waals surface area contributed by atoms with E-state index in [0.29, 0.717) is 31.8 Å². The van der Waals surface area contributed by atoms with E-state index in [1.807, 2.05) is 27.7 Å². The smallest absolute Gasteiger partial charge is 0.303 e. The molecule has 2 saturated carbocycles. The van der Waals surface area contributed by atoms with Gasteiger partial charge in [-0.2, -0.15) is 0 Å². The number of methoxy groups -OCH3 is 5.